The van der Waals surface area contributed by atoms with E-state index in [-0.39, 0.29) is 25.4 Å². The molecule has 0 aliphatic carbocycles. The second-order valence-electron chi connectivity index (χ2n) is 10.6. The van der Waals surface area contributed by atoms with Crippen LogP contribution >= 0.6 is 0 Å². The molecule has 2 N–H and O–H groups in total. The average Bonchev–Trinajstić information content (AvgIpc) is 2.89. The molecule has 0 aromatic carbocycles. The maximum atomic E-state index is 13.4. The number of hydrogen-bond acceptors (Lipinski definition) is 9. The number of piperidine rings is 2. The molecule has 206 valence electrons. The van der Waals surface area contributed by atoms with E-state index in [1.807, 2.05) is 6.92 Å². The highest BCUT2D eigenvalue weighted by atomic mass is 16.7. The van der Waals surface area contributed by atoms with Gasteiger partial charge in [-0.05, 0) is 77.3 Å². The fraction of sp³-hybridized carbons (Fsp3) is 0.885. The van der Waals surface area contributed by atoms with Gasteiger partial charge in [-0.3, -0.25) is 9.59 Å². The second-order valence-corrected chi connectivity index (χ2v) is 10.6. The van der Waals surface area contributed by atoms with Crippen LogP contribution in [0.3, 0.4) is 0 Å². The fourth-order valence-corrected chi connectivity index (χ4v) is 5.59. The molecule has 3 fully saturated rings. The molecule has 0 bridgehead atoms. The van der Waals surface area contributed by atoms with Crippen molar-refractivity contribution in [1.82, 2.24) is 10.2 Å². The highest BCUT2D eigenvalue weighted by Crippen LogP contribution is 2.35. The largest absolute Gasteiger partial charge is 0.461 e. The summed E-state index contributed by atoms with van der Waals surface area (Å²) in [6, 6.07) is -0.849. The quantitative estimate of drug-likeness (QED) is 0.330. The predicted molar refractivity (Wildman–Crippen MR) is 131 cm³/mol. The number of ketones is 1. The number of likely N-dealkylation sites (tertiary alicyclic amines) is 1. The third kappa shape index (κ3) is 6.83. The number of methoxy groups -OCH3 is 2. The summed E-state index contributed by atoms with van der Waals surface area (Å²) in [6.07, 6.45) is 4.86. The fourth-order valence-electron chi connectivity index (χ4n) is 5.59. The zero-order chi connectivity index (χ0) is 26.3. The summed E-state index contributed by atoms with van der Waals surface area (Å²) < 4.78 is 22.0. The Morgan fingerprint density at radius 3 is 2.64 bits per heavy atom. The number of nitrogens with one attached hydrogen (secondary N) is 1. The van der Waals surface area contributed by atoms with Gasteiger partial charge in [0, 0.05) is 26.7 Å². The van der Waals surface area contributed by atoms with Crippen molar-refractivity contribution >= 4 is 17.7 Å². The molecule has 36 heavy (non-hydrogen) atoms. The van der Waals surface area contributed by atoms with E-state index < -0.39 is 41.5 Å². The lowest BCUT2D eigenvalue weighted by Crippen LogP contribution is -2.63. The molecule has 0 radical (unpaired) electrons. The Kier molecular flexibility index (Phi) is 10.7. The van der Waals surface area contributed by atoms with Gasteiger partial charge in [0.15, 0.2) is 0 Å². The molecule has 7 atom stereocenters. The van der Waals surface area contributed by atoms with E-state index >= 15 is 0 Å². The van der Waals surface area contributed by atoms with E-state index in [0.29, 0.717) is 25.2 Å². The van der Waals surface area contributed by atoms with Crippen LogP contribution < -0.4 is 5.32 Å². The molecular weight excluding hydrogens is 468 g/mol. The lowest BCUT2D eigenvalue weighted by molar-refractivity contribution is -0.291. The number of aliphatic hydroxyl groups is 1. The summed E-state index contributed by atoms with van der Waals surface area (Å²) in [5, 5.41) is 14.6. The maximum Gasteiger partial charge on any atom is 0.329 e. The van der Waals surface area contributed by atoms with E-state index in [1.165, 1.54) is 32.0 Å². The summed E-state index contributed by atoms with van der Waals surface area (Å²) >= 11 is 0. The molecule has 0 saturated carbocycles. The van der Waals surface area contributed by atoms with Crippen LogP contribution in [0.1, 0.15) is 65.2 Å². The monoisotopic (exact) mass is 512 g/mol. The first kappa shape index (κ1) is 29.0. The van der Waals surface area contributed by atoms with Crippen molar-refractivity contribution in [3.05, 3.63) is 0 Å². The lowest BCUT2D eigenvalue weighted by atomic mass is 9.85. The number of esters is 1. The molecule has 0 aromatic heterocycles. The van der Waals surface area contributed by atoms with Crippen molar-refractivity contribution in [2.75, 3.05) is 40.5 Å². The number of nitrogens with zero attached hydrogens (tertiary/aromatic N) is 1. The molecule has 3 aliphatic heterocycles. The molecule has 0 aromatic rings. The molecule has 1 amide bonds. The van der Waals surface area contributed by atoms with Gasteiger partial charge in [0.2, 0.25) is 5.79 Å². The summed E-state index contributed by atoms with van der Waals surface area (Å²) in [6.45, 7) is 5.92. The Bertz CT molecular complexity index is 758. The highest BCUT2D eigenvalue weighted by molar-refractivity contribution is 6.39. The normalized spacial score (nSPS) is 34.1. The first-order chi connectivity index (χ1) is 17.2. The van der Waals surface area contributed by atoms with Crippen LogP contribution in [0.15, 0.2) is 0 Å². The van der Waals surface area contributed by atoms with Gasteiger partial charge in [0.1, 0.15) is 12.1 Å². The molecule has 10 nitrogen and oxygen atoms in total. The summed E-state index contributed by atoms with van der Waals surface area (Å²) in [5.74, 6) is -4.89. The summed E-state index contributed by atoms with van der Waals surface area (Å²) in [7, 11) is 3.01. The van der Waals surface area contributed by atoms with Crippen molar-refractivity contribution in [3.8, 4) is 0 Å². The van der Waals surface area contributed by atoms with Crippen molar-refractivity contribution < 1.29 is 38.4 Å². The molecule has 3 aliphatic rings. The Labute approximate surface area is 214 Å². The van der Waals surface area contributed by atoms with Crippen molar-refractivity contribution in [2.24, 2.45) is 11.8 Å². The average molecular weight is 513 g/mol. The third-order valence-corrected chi connectivity index (χ3v) is 7.89. The smallest absolute Gasteiger partial charge is 0.329 e. The second kappa shape index (κ2) is 13.3. The zero-order valence-corrected chi connectivity index (χ0v) is 22.2. The number of hydrogen-bond donors (Lipinski definition) is 2. The van der Waals surface area contributed by atoms with E-state index in [9.17, 15) is 19.5 Å². The van der Waals surface area contributed by atoms with Gasteiger partial charge in [-0.15, -0.1) is 0 Å². The highest BCUT2D eigenvalue weighted by Gasteiger charge is 2.55. The van der Waals surface area contributed by atoms with Gasteiger partial charge < -0.3 is 34.3 Å². The maximum absolute atomic E-state index is 13.4. The first-order valence-corrected chi connectivity index (χ1v) is 13.4. The molecule has 3 saturated heterocycles. The van der Waals surface area contributed by atoms with Crippen molar-refractivity contribution in [1.29, 1.82) is 0 Å². The van der Waals surface area contributed by atoms with E-state index in [2.05, 4.69) is 5.32 Å². The van der Waals surface area contributed by atoms with Crippen LogP contribution in [0.4, 0.5) is 0 Å². The molecule has 3 rings (SSSR count). The molecule has 0 spiro atoms. The number of carbonyl (C=O) groups is 3. The van der Waals surface area contributed by atoms with E-state index in [1.54, 1.807) is 6.92 Å². The van der Waals surface area contributed by atoms with Gasteiger partial charge in [0.05, 0.1) is 18.8 Å². The molecule has 3 heterocycles. The standard InChI is InChI=1S/C26H44N2O8/c1-17-14-21(34-4)22(16-33-3)36-26(17,32)23(29)24(30)28-13-6-5-9-20(28)25(31)35-18(2)10-11-19-8-7-12-27-15-19/h17-22,27,32H,5-16H2,1-4H3/t17-,18?,19?,20+,21?,22?,26?/m1/s1. The number of rotatable bonds is 10. The van der Waals surface area contributed by atoms with Crippen LogP contribution in [0.25, 0.3) is 0 Å². The van der Waals surface area contributed by atoms with Crippen LogP contribution in [0, 0.1) is 11.8 Å². The van der Waals surface area contributed by atoms with Crippen molar-refractivity contribution in [2.45, 2.75) is 95.4 Å². The lowest BCUT2D eigenvalue weighted by Gasteiger charge is -2.44. The Hall–Kier alpha value is -1.59. The van der Waals surface area contributed by atoms with Gasteiger partial charge in [-0.25, -0.2) is 4.79 Å². The number of carbonyl (C=O) groups excluding carboxylic acids is 3. The molecular formula is C26H44N2O8. The predicted octanol–water partition coefficient (Wildman–Crippen LogP) is 1.42. The Morgan fingerprint density at radius 1 is 1.19 bits per heavy atom. The number of Topliss-reactive ketones (excluding diaryl/α,β-unsaturated/α-hetero) is 1. The minimum Gasteiger partial charge on any atom is -0.461 e. The number of ether oxygens (including phenoxy) is 4. The Balaban J connectivity index is 1.63. The van der Waals surface area contributed by atoms with Crippen LogP contribution in [0.5, 0.6) is 0 Å². The summed E-state index contributed by atoms with van der Waals surface area (Å²) in [5.41, 5.74) is 0. The molecule has 5 unspecified atom stereocenters. The first-order valence-electron chi connectivity index (χ1n) is 13.4. The SMILES string of the molecule is COCC1OC(O)(C(=O)C(=O)N2CCCC[C@H]2C(=O)OC(C)CCC2CCCNC2)[C@H](C)CC1OC. The van der Waals surface area contributed by atoms with Crippen molar-refractivity contribution in [3.63, 3.8) is 0 Å². The van der Waals surface area contributed by atoms with Gasteiger partial charge in [0.25, 0.3) is 11.7 Å². The summed E-state index contributed by atoms with van der Waals surface area (Å²) in [4.78, 5) is 41.0. The van der Waals surface area contributed by atoms with E-state index in [0.717, 1.165) is 32.4 Å². The van der Waals surface area contributed by atoms with Crippen LogP contribution in [0.2, 0.25) is 0 Å². The number of amides is 1. The third-order valence-electron chi connectivity index (χ3n) is 7.89. The van der Waals surface area contributed by atoms with Crippen LogP contribution in [-0.4, -0.2) is 98.3 Å². The van der Waals surface area contributed by atoms with Gasteiger partial charge >= 0.3 is 5.97 Å². The van der Waals surface area contributed by atoms with Gasteiger partial charge in [-0.2, -0.15) is 0 Å². The molecule has 10 heteroatoms. The van der Waals surface area contributed by atoms with E-state index in [4.69, 9.17) is 18.9 Å². The minimum absolute atomic E-state index is 0.0997. The van der Waals surface area contributed by atoms with Gasteiger partial charge in [-0.1, -0.05) is 6.92 Å². The topological polar surface area (TPSA) is 124 Å². The van der Waals surface area contributed by atoms with Crippen LogP contribution in [-0.2, 0) is 33.3 Å². The zero-order valence-electron chi connectivity index (χ0n) is 22.2. The minimum atomic E-state index is -2.32. The Morgan fingerprint density at radius 2 is 1.97 bits per heavy atom.